The van der Waals surface area contributed by atoms with Crippen LogP contribution >= 0.6 is 35.4 Å². The van der Waals surface area contributed by atoms with Gasteiger partial charge < -0.3 is 4.74 Å². The Balaban J connectivity index is 2.14. The summed E-state index contributed by atoms with van der Waals surface area (Å²) < 4.78 is 5.27. The summed E-state index contributed by atoms with van der Waals surface area (Å²) in [5, 5.41) is 6.04. The summed E-state index contributed by atoms with van der Waals surface area (Å²) in [6.45, 7) is 0. The highest BCUT2D eigenvalue weighted by molar-refractivity contribution is 7.80. The number of methoxy groups -OCH3 is 1. The van der Waals surface area contributed by atoms with E-state index in [-0.39, 0.29) is 10.7 Å². The standard InChI is InChI=1S/C15H9Cl2N3O3S/c1-23-12-10(17)5-9(16)7-3-2-6(18-11(7)12)4-8-13(21)19-15(24)20-14(8)22/h2-5H,1H3,(H2,19,20,21,22,24). The topological polar surface area (TPSA) is 80.3 Å². The minimum Gasteiger partial charge on any atom is -0.493 e. The molecule has 2 amide bonds. The maximum absolute atomic E-state index is 11.9. The summed E-state index contributed by atoms with van der Waals surface area (Å²) in [6.07, 6.45) is 1.35. The van der Waals surface area contributed by atoms with Crippen LogP contribution in [0, 0.1) is 0 Å². The van der Waals surface area contributed by atoms with Gasteiger partial charge in [-0.1, -0.05) is 23.2 Å². The molecule has 24 heavy (non-hydrogen) atoms. The van der Waals surface area contributed by atoms with E-state index in [2.05, 4.69) is 15.6 Å². The van der Waals surface area contributed by atoms with Gasteiger partial charge >= 0.3 is 0 Å². The largest absolute Gasteiger partial charge is 0.493 e. The van der Waals surface area contributed by atoms with Crippen LogP contribution in [0.4, 0.5) is 0 Å². The molecule has 122 valence electrons. The minimum absolute atomic E-state index is 0.0335. The highest BCUT2D eigenvalue weighted by atomic mass is 35.5. The van der Waals surface area contributed by atoms with Crippen molar-refractivity contribution in [1.29, 1.82) is 0 Å². The van der Waals surface area contributed by atoms with Gasteiger partial charge in [0, 0.05) is 5.39 Å². The number of nitrogens with one attached hydrogen (secondary N) is 2. The maximum Gasteiger partial charge on any atom is 0.263 e. The monoisotopic (exact) mass is 381 g/mol. The molecule has 2 aromatic rings. The first-order valence-electron chi connectivity index (χ1n) is 6.62. The van der Waals surface area contributed by atoms with Gasteiger partial charge in [-0.2, -0.15) is 0 Å². The SMILES string of the molecule is COc1c(Cl)cc(Cl)c2ccc(C=C3C(=O)NC(=S)NC3=O)nc12. The lowest BCUT2D eigenvalue weighted by Crippen LogP contribution is -2.51. The molecule has 3 rings (SSSR count). The van der Waals surface area contributed by atoms with Crippen LogP contribution in [0.3, 0.4) is 0 Å². The number of carbonyl (C=O) groups is 2. The van der Waals surface area contributed by atoms with Crippen LogP contribution in [0.5, 0.6) is 5.75 Å². The zero-order chi connectivity index (χ0) is 17.4. The Labute approximate surface area is 151 Å². The van der Waals surface area contributed by atoms with Gasteiger partial charge in [-0.25, -0.2) is 4.98 Å². The fraction of sp³-hybridized carbons (Fsp3) is 0.0667. The molecule has 9 heteroatoms. The van der Waals surface area contributed by atoms with Gasteiger partial charge in [0.2, 0.25) is 0 Å². The molecule has 1 aliphatic rings. The Morgan fingerprint density at radius 1 is 1.17 bits per heavy atom. The number of benzene rings is 1. The molecule has 0 radical (unpaired) electrons. The maximum atomic E-state index is 11.9. The normalized spacial score (nSPS) is 14.5. The Hall–Kier alpha value is -2.22. The molecule has 1 aromatic carbocycles. The number of ether oxygens (including phenoxy) is 1. The number of hydrogen-bond acceptors (Lipinski definition) is 5. The number of carbonyl (C=O) groups excluding carboxylic acids is 2. The number of thiocarbonyl (C=S) groups is 1. The van der Waals surface area contributed by atoms with Crippen molar-refractivity contribution in [3.63, 3.8) is 0 Å². The van der Waals surface area contributed by atoms with Crippen LogP contribution in [0.25, 0.3) is 17.0 Å². The fourth-order valence-corrected chi connectivity index (χ4v) is 3.02. The first-order chi connectivity index (χ1) is 11.4. The van der Waals surface area contributed by atoms with Crippen LogP contribution < -0.4 is 15.4 Å². The number of pyridine rings is 1. The average molecular weight is 382 g/mol. The zero-order valence-corrected chi connectivity index (χ0v) is 14.5. The van der Waals surface area contributed by atoms with Crippen molar-refractivity contribution in [2.45, 2.75) is 0 Å². The molecule has 0 unspecified atom stereocenters. The molecule has 0 saturated carbocycles. The summed E-state index contributed by atoms with van der Waals surface area (Å²) in [7, 11) is 1.46. The lowest BCUT2D eigenvalue weighted by Gasteiger charge is -2.16. The van der Waals surface area contributed by atoms with E-state index in [1.807, 2.05) is 0 Å². The van der Waals surface area contributed by atoms with E-state index in [1.54, 1.807) is 18.2 Å². The summed E-state index contributed by atoms with van der Waals surface area (Å²) in [5.41, 5.74) is 0.686. The van der Waals surface area contributed by atoms with E-state index in [1.165, 1.54) is 13.2 Å². The Kier molecular flexibility index (Phi) is 4.40. The lowest BCUT2D eigenvalue weighted by atomic mass is 10.1. The van der Waals surface area contributed by atoms with Crippen molar-refractivity contribution >= 4 is 69.3 Å². The van der Waals surface area contributed by atoms with Crippen molar-refractivity contribution in [3.05, 3.63) is 39.5 Å². The van der Waals surface area contributed by atoms with Crippen LogP contribution in [0.1, 0.15) is 5.69 Å². The van der Waals surface area contributed by atoms with Crippen molar-refractivity contribution in [2.75, 3.05) is 7.11 Å². The molecule has 0 aliphatic carbocycles. The molecule has 1 aromatic heterocycles. The first kappa shape index (κ1) is 16.6. The number of hydrogen-bond donors (Lipinski definition) is 2. The molecule has 0 atom stereocenters. The van der Waals surface area contributed by atoms with Crippen LogP contribution in [-0.2, 0) is 9.59 Å². The molecule has 1 aliphatic heterocycles. The van der Waals surface area contributed by atoms with Crippen LogP contribution in [-0.4, -0.2) is 29.0 Å². The van der Waals surface area contributed by atoms with Gasteiger partial charge in [-0.05, 0) is 36.5 Å². The second-order valence-corrected chi connectivity index (χ2v) is 6.02. The van der Waals surface area contributed by atoms with E-state index in [0.29, 0.717) is 32.4 Å². The van der Waals surface area contributed by atoms with Crippen LogP contribution in [0.2, 0.25) is 10.0 Å². The average Bonchev–Trinajstić information content (AvgIpc) is 2.51. The van der Waals surface area contributed by atoms with Crippen molar-refractivity contribution in [1.82, 2.24) is 15.6 Å². The van der Waals surface area contributed by atoms with Gasteiger partial charge in [0.1, 0.15) is 11.1 Å². The summed E-state index contributed by atoms with van der Waals surface area (Å²) in [6, 6.07) is 4.90. The van der Waals surface area contributed by atoms with Crippen molar-refractivity contribution in [3.8, 4) is 5.75 Å². The van der Waals surface area contributed by atoms with Gasteiger partial charge in [-0.3, -0.25) is 20.2 Å². The molecule has 2 heterocycles. The molecule has 0 bridgehead atoms. The van der Waals surface area contributed by atoms with Crippen molar-refractivity contribution in [2.24, 2.45) is 0 Å². The Bertz CT molecular complexity index is 921. The first-order valence-corrected chi connectivity index (χ1v) is 7.78. The molecule has 2 N–H and O–H groups in total. The summed E-state index contributed by atoms with van der Waals surface area (Å²) >= 11 is 17.0. The van der Waals surface area contributed by atoms with Gasteiger partial charge in [0.25, 0.3) is 11.8 Å². The molecular formula is C15H9Cl2N3O3S. The lowest BCUT2D eigenvalue weighted by molar-refractivity contribution is -0.123. The third-order valence-electron chi connectivity index (χ3n) is 3.30. The number of fused-ring (bicyclic) bond motifs is 1. The van der Waals surface area contributed by atoms with E-state index in [4.69, 9.17) is 40.2 Å². The molecule has 6 nitrogen and oxygen atoms in total. The van der Waals surface area contributed by atoms with Gasteiger partial charge in [0.15, 0.2) is 10.9 Å². The number of rotatable bonds is 2. The van der Waals surface area contributed by atoms with Crippen LogP contribution in [0.15, 0.2) is 23.8 Å². The third-order valence-corrected chi connectivity index (χ3v) is 4.10. The zero-order valence-electron chi connectivity index (χ0n) is 12.1. The second kappa shape index (κ2) is 6.35. The summed E-state index contributed by atoms with van der Waals surface area (Å²) in [5.74, 6) is -0.835. The fourth-order valence-electron chi connectivity index (χ4n) is 2.24. The predicted octanol–water partition coefficient (Wildman–Crippen LogP) is 2.46. The number of amides is 2. The highest BCUT2D eigenvalue weighted by Crippen LogP contribution is 2.37. The quantitative estimate of drug-likeness (QED) is 0.474. The van der Waals surface area contributed by atoms with Gasteiger partial charge in [-0.15, -0.1) is 0 Å². The van der Waals surface area contributed by atoms with E-state index >= 15 is 0 Å². The molecular weight excluding hydrogens is 373 g/mol. The number of aromatic nitrogens is 1. The van der Waals surface area contributed by atoms with Gasteiger partial charge in [0.05, 0.1) is 22.8 Å². The third kappa shape index (κ3) is 2.93. The predicted molar refractivity (Wildman–Crippen MR) is 95.2 cm³/mol. The number of halogens is 2. The minimum atomic E-state index is -0.596. The number of nitrogens with zero attached hydrogens (tertiary/aromatic N) is 1. The smallest absolute Gasteiger partial charge is 0.263 e. The molecule has 1 saturated heterocycles. The molecule has 0 spiro atoms. The highest BCUT2D eigenvalue weighted by Gasteiger charge is 2.26. The summed E-state index contributed by atoms with van der Waals surface area (Å²) in [4.78, 5) is 28.2. The Morgan fingerprint density at radius 3 is 2.46 bits per heavy atom. The Morgan fingerprint density at radius 2 is 1.83 bits per heavy atom. The van der Waals surface area contributed by atoms with E-state index in [0.717, 1.165) is 0 Å². The van der Waals surface area contributed by atoms with Crippen molar-refractivity contribution < 1.29 is 14.3 Å². The van der Waals surface area contributed by atoms with E-state index < -0.39 is 11.8 Å². The second-order valence-electron chi connectivity index (χ2n) is 4.80. The molecule has 1 fully saturated rings. The van der Waals surface area contributed by atoms with E-state index in [9.17, 15) is 9.59 Å².